The van der Waals surface area contributed by atoms with Gasteiger partial charge in [0, 0.05) is 0 Å². The van der Waals surface area contributed by atoms with Gasteiger partial charge in [0.1, 0.15) is 18.4 Å². The first kappa shape index (κ1) is 17.0. The van der Waals surface area contributed by atoms with Gasteiger partial charge in [-0.15, -0.1) is 0 Å². The summed E-state index contributed by atoms with van der Waals surface area (Å²) in [6.45, 7) is 2.31. The van der Waals surface area contributed by atoms with E-state index >= 15 is 0 Å². The molecule has 1 unspecified atom stereocenters. The van der Waals surface area contributed by atoms with E-state index in [1.807, 2.05) is 0 Å². The highest BCUT2D eigenvalue weighted by Gasteiger charge is 2.27. The molecule has 0 radical (unpaired) electrons. The molecule has 4 rings (SSSR count). The molecule has 0 spiro atoms. The number of hydrogen-bond acceptors (Lipinski definition) is 0. The van der Waals surface area contributed by atoms with E-state index in [2.05, 4.69) is 115 Å². The van der Waals surface area contributed by atoms with Crippen LogP contribution < -0.4 is 15.2 Å². The molecule has 3 heteroatoms. The molecule has 3 aromatic rings. The van der Waals surface area contributed by atoms with Crippen LogP contribution in [0, 0.1) is 0 Å². The maximum atomic E-state index is 2.36. The summed E-state index contributed by atoms with van der Waals surface area (Å²) >= 11 is 0. The lowest BCUT2D eigenvalue weighted by Gasteiger charge is -2.23. The van der Waals surface area contributed by atoms with Gasteiger partial charge in [-0.25, -0.2) is 9.13 Å². The standard InChI is InChI=1S/C23H24N2P/c1-19(25-17-16-24(2)18-25)22-14-9-15-23(22)26(20-10-5-3-6-11-20)21-12-7-4-8-13-21/h3-13,15-19H,14H2,1-2H3/q+1. The van der Waals surface area contributed by atoms with Crippen molar-refractivity contribution in [2.24, 2.45) is 7.05 Å². The van der Waals surface area contributed by atoms with E-state index in [0.717, 1.165) is 6.42 Å². The Hall–Kier alpha value is -2.44. The first-order valence-corrected chi connectivity index (χ1v) is 10.4. The molecule has 0 saturated carbocycles. The maximum Gasteiger partial charge on any atom is 0.244 e. The van der Waals surface area contributed by atoms with Gasteiger partial charge < -0.3 is 0 Å². The van der Waals surface area contributed by atoms with Gasteiger partial charge in [0.25, 0.3) is 0 Å². The molecule has 1 heterocycles. The topological polar surface area (TPSA) is 8.81 Å². The van der Waals surface area contributed by atoms with Gasteiger partial charge in [-0.1, -0.05) is 72.8 Å². The average molecular weight is 359 g/mol. The SMILES string of the molecule is CC(C1=C(P(c2ccccc2)c2ccccc2)C=CC1)n1cc[n+](C)c1. The Labute approximate surface area is 156 Å². The van der Waals surface area contributed by atoms with Crippen LogP contribution in [-0.4, -0.2) is 4.57 Å². The van der Waals surface area contributed by atoms with Crippen molar-refractivity contribution in [2.45, 2.75) is 19.4 Å². The van der Waals surface area contributed by atoms with Gasteiger partial charge in [-0.2, -0.15) is 0 Å². The van der Waals surface area contributed by atoms with Gasteiger partial charge in [-0.05, 0) is 42.8 Å². The Morgan fingerprint density at radius 3 is 2.12 bits per heavy atom. The van der Waals surface area contributed by atoms with Crippen molar-refractivity contribution in [2.75, 3.05) is 0 Å². The third-order valence-electron chi connectivity index (χ3n) is 4.95. The number of benzene rings is 2. The lowest BCUT2D eigenvalue weighted by molar-refractivity contribution is -0.671. The van der Waals surface area contributed by atoms with E-state index in [1.165, 1.54) is 21.5 Å². The zero-order valence-corrected chi connectivity index (χ0v) is 16.2. The van der Waals surface area contributed by atoms with Crippen molar-refractivity contribution in [1.29, 1.82) is 0 Å². The predicted octanol–water partition coefficient (Wildman–Crippen LogP) is 4.22. The number of aromatic nitrogens is 2. The number of allylic oxidation sites excluding steroid dienone is 4. The first-order valence-electron chi connectivity index (χ1n) is 9.06. The summed E-state index contributed by atoms with van der Waals surface area (Å²) in [5.74, 6) is 0. The normalized spacial score (nSPS) is 15.0. The number of imidazole rings is 1. The van der Waals surface area contributed by atoms with Crippen molar-refractivity contribution in [3.8, 4) is 0 Å². The fraction of sp³-hybridized carbons (Fsp3) is 0.174. The van der Waals surface area contributed by atoms with E-state index < -0.39 is 7.92 Å². The number of aryl methyl sites for hydroxylation is 1. The first-order chi connectivity index (χ1) is 12.7. The minimum Gasteiger partial charge on any atom is -0.240 e. The lowest BCUT2D eigenvalue weighted by Crippen LogP contribution is -2.24. The molecule has 0 bridgehead atoms. The molecule has 2 aromatic carbocycles. The van der Waals surface area contributed by atoms with Crippen molar-refractivity contribution >= 4 is 18.5 Å². The molecule has 1 aliphatic carbocycles. The molecule has 0 saturated heterocycles. The monoisotopic (exact) mass is 359 g/mol. The van der Waals surface area contributed by atoms with Crippen LogP contribution in [0.3, 0.4) is 0 Å². The minimum absolute atomic E-state index is 0.360. The molecule has 26 heavy (non-hydrogen) atoms. The molecule has 1 aliphatic rings. The third kappa shape index (κ3) is 3.30. The van der Waals surface area contributed by atoms with Crippen LogP contribution in [-0.2, 0) is 7.05 Å². The third-order valence-corrected chi connectivity index (χ3v) is 7.50. The Balaban J connectivity index is 1.82. The summed E-state index contributed by atoms with van der Waals surface area (Å²) in [4.78, 5) is 0. The average Bonchev–Trinajstić information content (AvgIpc) is 3.33. The highest BCUT2D eigenvalue weighted by atomic mass is 31.1. The van der Waals surface area contributed by atoms with Crippen LogP contribution in [0.2, 0.25) is 0 Å². The molecule has 0 N–H and O–H groups in total. The summed E-state index contributed by atoms with van der Waals surface area (Å²) in [6.07, 6.45) is 12.2. The minimum atomic E-state index is -0.535. The van der Waals surface area contributed by atoms with Crippen molar-refractivity contribution < 1.29 is 4.57 Å². The van der Waals surface area contributed by atoms with Crippen molar-refractivity contribution in [3.05, 3.63) is 102 Å². The second kappa shape index (κ2) is 7.43. The second-order valence-corrected chi connectivity index (χ2v) is 8.91. The molecule has 2 nitrogen and oxygen atoms in total. The Kier molecular flexibility index (Phi) is 4.86. The molecule has 130 valence electrons. The summed E-state index contributed by atoms with van der Waals surface area (Å²) in [6, 6.07) is 22.3. The van der Waals surface area contributed by atoms with Gasteiger partial charge >= 0.3 is 0 Å². The van der Waals surface area contributed by atoms with Crippen LogP contribution in [0.1, 0.15) is 19.4 Å². The second-order valence-electron chi connectivity index (χ2n) is 6.73. The number of hydrogen-bond donors (Lipinski definition) is 0. The van der Waals surface area contributed by atoms with Gasteiger partial charge in [-0.3, -0.25) is 0 Å². The van der Waals surface area contributed by atoms with Crippen LogP contribution in [0.4, 0.5) is 0 Å². The lowest BCUT2D eigenvalue weighted by atomic mass is 10.1. The molecular formula is C23H24N2P+. The van der Waals surface area contributed by atoms with E-state index in [-0.39, 0.29) is 0 Å². The van der Waals surface area contributed by atoms with Gasteiger partial charge in [0.05, 0.1) is 7.05 Å². The van der Waals surface area contributed by atoms with Crippen LogP contribution >= 0.6 is 7.92 Å². The number of rotatable bonds is 5. The highest BCUT2D eigenvalue weighted by Crippen LogP contribution is 2.50. The van der Waals surface area contributed by atoms with Gasteiger partial charge in [0.2, 0.25) is 6.33 Å². The molecular weight excluding hydrogens is 335 g/mol. The highest BCUT2D eigenvalue weighted by molar-refractivity contribution is 7.77. The maximum absolute atomic E-state index is 2.36. The van der Waals surface area contributed by atoms with E-state index in [9.17, 15) is 0 Å². The number of nitrogens with zero attached hydrogens (tertiary/aromatic N) is 2. The largest absolute Gasteiger partial charge is 0.244 e. The molecule has 0 amide bonds. The Morgan fingerprint density at radius 1 is 0.962 bits per heavy atom. The zero-order valence-electron chi connectivity index (χ0n) is 15.3. The molecule has 1 aromatic heterocycles. The van der Waals surface area contributed by atoms with E-state index in [4.69, 9.17) is 0 Å². The summed E-state index contributed by atoms with van der Waals surface area (Å²) in [5.41, 5.74) is 1.53. The van der Waals surface area contributed by atoms with E-state index in [0.29, 0.717) is 6.04 Å². The summed E-state index contributed by atoms with van der Waals surface area (Å²) in [7, 11) is 1.54. The van der Waals surface area contributed by atoms with E-state index in [1.54, 1.807) is 0 Å². The van der Waals surface area contributed by atoms with Crippen LogP contribution in [0.25, 0.3) is 0 Å². The summed E-state index contributed by atoms with van der Waals surface area (Å²) in [5, 5.41) is 4.33. The van der Waals surface area contributed by atoms with Crippen molar-refractivity contribution in [1.82, 2.24) is 4.57 Å². The Morgan fingerprint density at radius 2 is 1.58 bits per heavy atom. The fourth-order valence-electron chi connectivity index (χ4n) is 3.57. The predicted molar refractivity (Wildman–Crippen MR) is 110 cm³/mol. The van der Waals surface area contributed by atoms with Crippen LogP contribution in [0.5, 0.6) is 0 Å². The van der Waals surface area contributed by atoms with Crippen LogP contribution in [0.15, 0.2) is 102 Å². The Bertz CT molecular complexity index is 899. The van der Waals surface area contributed by atoms with Crippen molar-refractivity contribution in [3.63, 3.8) is 0 Å². The smallest absolute Gasteiger partial charge is 0.240 e. The molecule has 1 atom stereocenters. The summed E-state index contributed by atoms with van der Waals surface area (Å²) < 4.78 is 4.42. The quantitative estimate of drug-likeness (QED) is 0.476. The fourth-order valence-corrected chi connectivity index (χ4v) is 6.19. The molecule has 0 fully saturated rings. The zero-order chi connectivity index (χ0) is 17.9. The molecule has 0 aliphatic heterocycles. The van der Waals surface area contributed by atoms with Gasteiger partial charge in [0.15, 0.2) is 0 Å².